The Morgan fingerprint density at radius 3 is 1.94 bits per heavy atom. The monoisotopic (exact) mass is 1300 g/mol. The molecule has 28 heteroatoms. The number of esters is 1. The second-order valence-electron chi connectivity index (χ2n) is 22.8. The number of aryl methyl sites for hydroxylation is 1. The third-order valence-corrected chi connectivity index (χ3v) is 16.0. The van der Waals surface area contributed by atoms with Gasteiger partial charge in [0, 0.05) is 40.6 Å². The third kappa shape index (κ3) is 22.2. The van der Waals surface area contributed by atoms with Crippen LogP contribution >= 0.6 is 0 Å². The summed E-state index contributed by atoms with van der Waals surface area (Å²) in [5.41, 5.74) is 14.2. The van der Waals surface area contributed by atoms with Gasteiger partial charge in [-0.1, -0.05) is 38.0 Å². The van der Waals surface area contributed by atoms with Gasteiger partial charge in [-0.15, -0.1) is 0 Å². The van der Waals surface area contributed by atoms with Crippen molar-refractivity contribution >= 4 is 46.4 Å². The number of rotatable bonds is 45. The number of nitrogens with one attached hydrogen (secondary N) is 5. The maximum absolute atomic E-state index is 15.5. The van der Waals surface area contributed by atoms with Gasteiger partial charge in [0.25, 0.3) is 5.56 Å². The molecule has 1 unspecified atom stereocenters. The molecule has 5 N–H and O–H groups in total. The molecule has 93 heavy (non-hydrogen) atoms. The zero-order valence-corrected chi connectivity index (χ0v) is 54.1. The number of anilines is 1. The minimum absolute atomic E-state index is 0.00629. The molecular weight excluding hydrogens is 1210 g/mol. The van der Waals surface area contributed by atoms with Gasteiger partial charge in [0.15, 0.2) is 0 Å². The molecule has 4 amide bonds. The summed E-state index contributed by atoms with van der Waals surface area (Å²) in [6, 6.07) is 7.59. The van der Waals surface area contributed by atoms with E-state index in [4.69, 9.17) is 62.6 Å². The average molecular weight is 1300 g/mol. The Morgan fingerprint density at radius 1 is 0.774 bits per heavy atom. The van der Waals surface area contributed by atoms with Gasteiger partial charge in [0.05, 0.1) is 160 Å². The molecule has 3 aliphatic rings. The van der Waals surface area contributed by atoms with Gasteiger partial charge in [-0.05, 0) is 117 Å². The molecule has 2 aromatic carbocycles. The van der Waals surface area contributed by atoms with Crippen molar-refractivity contribution in [3.05, 3.63) is 102 Å². The first-order valence-electron chi connectivity index (χ1n) is 32.1. The fourth-order valence-corrected chi connectivity index (χ4v) is 11.1. The van der Waals surface area contributed by atoms with Crippen molar-refractivity contribution in [1.29, 1.82) is 0 Å². The van der Waals surface area contributed by atoms with Crippen LogP contribution in [-0.2, 0) is 97.5 Å². The van der Waals surface area contributed by atoms with E-state index >= 15 is 4.39 Å². The summed E-state index contributed by atoms with van der Waals surface area (Å²) in [4.78, 5) is 88.8. The Kier molecular flexibility index (Phi) is 31.1. The first kappa shape index (κ1) is 73.2. The number of carbonyl (C=O) groups excluding carboxylic acids is 5. The van der Waals surface area contributed by atoms with E-state index in [9.17, 15) is 28.8 Å². The van der Waals surface area contributed by atoms with E-state index in [1.165, 1.54) is 6.07 Å². The second-order valence-corrected chi connectivity index (χ2v) is 22.8. The number of alkyl carbamates (subject to hydrolysis) is 1. The Morgan fingerprint density at radius 2 is 1.37 bits per heavy atom. The topological polar surface area (TPSA) is 331 Å². The summed E-state index contributed by atoms with van der Waals surface area (Å²) in [5, 5.41) is 18.9. The summed E-state index contributed by atoms with van der Waals surface area (Å²) in [5.74, 6) is -3.01. The minimum Gasteiger partial charge on any atom is -0.460 e. The molecule has 0 saturated carbocycles. The second kappa shape index (κ2) is 39.5. The number of fused-ring (bicyclic) bond motifs is 5. The molecule has 2 aromatic heterocycles. The van der Waals surface area contributed by atoms with Crippen LogP contribution in [0.2, 0.25) is 0 Å². The van der Waals surface area contributed by atoms with Crippen molar-refractivity contribution in [2.24, 2.45) is 11.0 Å². The van der Waals surface area contributed by atoms with Gasteiger partial charge in [0.1, 0.15) is 31.1 Å². The number of carbonyl (C=O) groups is 5. The Hall–Kier alpha value is -7.21. The lowest BCUT2D eigenvalue weighted by Crippen LogP contribution is -2.54. The van der Waals surface area contributed by atoms with Crippen LogP contribution in [0, 0.1) is 18.7 Å². The lowest BCUT2D eigenvalue weighted by molar-refractivity contribution is -0.148. The smallest absolute Gasteiger partial charge is 0.407 e. The molecule has 2 aliphatic heterocycles. The molecule has 0 fully saturated rings. The van der Waals surface area contributed by atoms with Crippen LogP contribution in [-0.4, -0.2) is 190 Å². The van der Waals surface area contributed by atoms with Crippen LogP contribution in [0.15, 0.2) is 46.3 Å². The van der Waals surface area contributed by atoms with E-state index in [-0.39, 0.29) is 62.7 Å². The third-order valence-electron chi connectivity index (χ3n) is 16.0. The number of cyclic esters (lactones) is 1. The van der Waals surface area contributed by atoms with Gasteiger partial charge >= 0.3 is 12.1 Å². The molecule has 1 aliphatic carbocycles. The molecule has 0 bridgehead atoms. The van der Waals surface area contributed by atoms with Crippen LogP contribution in [0.1, 0.15) is 110 Å². The number of hydrogen-bond donors (Lipinski definition) is 5. The molecule has 4 heterocycles. The van der Waals surface area contributed by atoms with Crippen LogP contribution in [0.4, 0.5) is 14.9 Å². The number of halogens is 1. The maximum atomic E-state index is 15.5. The largest absolute Gasteiger partial charge is 0.460 e. The number of nitrogens with zero attached hydrogens (tertiary/aromatic N) is 5. The van der Waals surface area contributed by atoms with Crippen molar-refractivity contribution < 1.29 is 80.5 Å². The van der Waals surface area contributed by atoms with E-state index in [0.29, 0.717) is 189 Å². The van der Waals surface area contributed by atoms with Crippen LogP contribution in [0.3, 0.4) is 0 Å². The zero-order valence-electron chi connectivity index (χ0n) is 54.1. The van der Waals surface area contributed by atoms with Gasteiger partial charge in [-0.25, -0.2) is 14.2 Å². The van der Waals surface area contributed by atoms with Crippen molar-refractivity contribution in [1.82, 2.24) is 30.8 Å². The molecule has 7 rings (SSSR count). The predicted octanol–water partition coefficient (Wildman–Crippen LogP) is 6.14. The summed E-state index contributed by atoms with van der Waals surface area (Å²) in [7, 11) is 1.84. The average Bonchev–Trinajstić information content (AvgIpc) is 1.67. The van der Waals surface area contributed by atoms with Crippen LogP contribution < -0.4 is 32.1 Å². The molecule has 0 spiro atoms. The number of azide groups is 1. The first-order chi connectivity index (χ1) is 45.2. The normalized spacial score (nSPS) is 15.2. The van der Waals surface area contributed by atoms with Gasteiger partial charge in [-0.3, -0.25) is 24.0 Å². The van der Waals surface area contributed by atoms with Crippen molar-refractivity contribution in [3.63, 3.8) is 0 Å². The first-order valence-corrected chi connectivity index (χ1v) is 32.1. The SMILES string of the molecule is CCC1C(=O)OCc2c1cc1n(c2=O)Cc2c-1nc1cc(F)c(C)c3c1c2[C@@H](NC(=O)OCc1ccc(NC(=O)[C@H](CCCCNC)NC(=O)[C@@H](NC(=O)CCOCCOCCOCCOCCOCCOCCOCCOCCOCCN=[N+]=[N-])C(C)C)cc1)CC3. The Bertz CT molecular complexity index is 3200. The highest BCUT2D eigenvalue weighted by atomic mass is 19.1. The van der Waals surface area contributed by atoms with Crippen LogP contribution in [0.25, 0.3) is 32.7 Å². The number of aromatic nitrogens is 2. The van der Waals surface area contributed by atoms with E-state index in [1.54, 1.807) is 35.8 Å². The molecular formula is C65H91FN10O17. The summed E-state index contributed by atoms with van der Waals surface area (Å²) >= 11 is 0. The van der Waals surface area contributed by atoms with E-state index in [2.05, 4.69) is 36.6 Å². The molecule has 0 radical (unpaired) electrons. The molecule has 510 valence electrons. The van der Waals surface area contributed by atoms with Crippen molar-refractivity contribution in [2.75, 3.05) is 144 Å². The van der Waals surface area contributed by atoms with Gasteiger partial charge in [-0.2, -0.15) is 0 Å². The van der Waals surface area contributed by atoms with Crippen molar-refractivity contribution in [3.8, 4) is 11.4 Å². The number of hydrogen-bond acceptors (Lipinski definition) is 20. The molecule has 0 saturated heterocycles. The number of benzene rings is 2. The lowest BCUT2D eigenvalue weighted by Gasteiger charge is -2.29. The highest BCUT2D eigenvalue weighted by Crippen LogP contribution is 2.45. The lowest BCUT2D eigenvalue weighted by atomic mass is 9.81. The number of pyridine rings is 2. The molecule has 4 aromatic rings. The van der Waals surface area contributed by atoms with Gasteiger partial charge < -0.3 is 83.3 Å². The summed E-state index contributed by atoms with van der Waals surface area (Å²) in [6.07, 6.45) is 2.38. The predicted molar refractivity (Wildman–Crippen MR) is 340 cm³/mol. The highest BCUT2D eigenvalue weighted by Gasteiger charge is 2.38. The standard InChI is InChI=1S/C65H91FN10O17/c1-6-46-48-37-55-60-49(39-76(55)63(80)50(48)41-92-64(46)81)58-52(15-14-47-43(4)51(66)38-54(71-60)57(47)58)73-65(82)93-40-44-10-12-45(13-11-44)70-61(78)53(9-7-8-17-68-5)72-62(79)59(42(2)3)74-56(77)16-19-83-21-23-85-25-27-87-29-31-89-33-35-91-36-34-90-32-30-88-28-26-86-24-22-84-20-18-69-75-67/h10-13,37-38,42,46,52-53,59,68H,6-9,14-36,39-41H2,1-5H3,(H,70,78)(H,72,79)(H,73,82)(H,74,77)/t46?,52-,53-,59-/m0/s1. The van der Waals surface area contributed by atoms with Gasteiger partial charge in [0.2, 0.25) is 17.7 Å². The number of unbranched alkanes of at least 4 members (excludes halogenated alkanes) is 1. The Balaban J connectivity index is 0.767. The summed E-state index contributed by atoms with van der Waals surface area (Å²) < 4.78 is 77.5. The fourth-order valence-electron chi connectivity index (χ4n) is 11.1. The van der Waals surface area contributed by atoms with E-state index in [1.807, 2.05) is 33.9 Å². The highest BCUT2D eigenvalue weighted by molar-refractivity contribution is 5.98. The fraction of sp³-hybridized carbons (Fsp3) is 0.615. The Labute approximate surface area is 541 Å². The zero-order chi connectivity index (χ0) is 66.3. The number of ether oxygens (including phenoxy) is 11. The van der Waals surface area contributed by atoms with Crippen LogP contribution in [0.5, 0.6) is 0 Å². The molecule has 27 nitrogen and oxygen atoms in total. The van der Waals surface area contributed by atoms with E-state index < -0.39 is 47.8 Å². The number of amides is 4. The van der Waals surface area contributed by atoms with E-state index in [0.717, 1.165) is 35.0 Å². The summed E-state index contributed by atoms with van der Waals surface area (Å²) in [6.45, 7) is 15.1. The maximum Gasteiger partial charge on any atom is 0.407 e. The quantitative estimate of drug-likeness (QED) is 0.00960. The minimum atomic E-state index is -0.923. The van der Waals surface area contributed by atoms with Crippen molar-refractivity contribution in [2.45, 2.75) is 116 Å². The molecule has 4 atom stereocenters.